The van der Waals surface area contributed by atoms with E-state index < -0.39 is 35.0 Å². The fourth-order valence-electron chi connectivity index (χ4n) is 4.20. The lowest BCUT2D eigenvalue weighted by Gasteiger charge is -2.33. The number of nitrogens with one attached hydrogen (secondary N) is 1. The predicted molar refractivity (Wildman–Crippen MR) is 120 cm³/mol. The number of H-pyrrole nitrogens is 1. The van der Waals surface area contributed by atoms with Crippen LogP contribution in [0.4, 0.5) is 28.0 Å². The van der Waals surface area contributed by atoms with Crippen LogP contribution in [-0.4, -0.2) is 37.9 Å². The molecule has 0 saturated carbocycles. The van der Waals surface area contributed by atoms with Crippen molar-refractivity contribution >= 4 is 18.4 Å². The number of alkyl halides is 3. The van der Waals surface area contributed by atoms with Crippen LogP contribution in [-0.2, 0) is 18.8 Å². The molecule has 0 unspecified atom stereocenters. The maximum Gasteiger partial charge on any atom is 0.418 e. The van der Waals surface area contributed by atoms with Gasteiger partial charge >= 0.3 is 12.2 Å². The van der Waals surface area contributed by atoms with Crippen molar-refractivity contribution in [3.63, 3.8) is 0 Å². The number of imidazole rings is 1. The third-order valence-electron chi connectivity index (χ3n) is 5.82. The number of rotatable bonds is 5. The number of aromatic nitrogens is 4. The van der Waals surface area contributed by atoms with Crippen molar-refractivity contribution in [1.82, 2.24) is 25.2 Å². The SMILES string of the molecule is Fc1cccc(F)c1-c1nnc(N2CCc3[nH]cnc3[C@@H]2C/C=C2/C(C(F)(F)F)=CC=CN2N=S)o1. The molecule has 0 fully saturated rings. The van der Waals surface area contributed by atoms with E-state index in [1.165, 1.54) is 30.7 Å². The van der Waals surface area contributed by atoms with Crippen molar-refractivity contribution in [2.24, 2.45) is 4.47 Å². The zero-order valence-corrected chi connectivity index (χ0v) is 19.0. The van der Waals surface area contributed by atoms with E-state index in [4.69, 9.17) is 4.42 Å². The number of halogens is 5. The normalized spacial score (nSPS) is 19.0. The topological polar surface area (TPSA) is 86.4 Å². The first-order chi connectivity index (χ1) is 17.3. The van der Waals surface area contributed by atoms with Gasteiger partial charge in [-0.05, 0) is 30.7 Å². The third-order valence-corrected chi connectivity index (χ3v) is 6.00. The summed E-state index contributed by atoms with van der Waals surface area (Å²) in [6.07, 6.45) is 2.19. The molecule has 1 aromatic carbocycles. The number of nitrogens with zero attached hydrogens (tertiary/aromatic N) is 6. The summed E-state index contributed by atoms with van der Waals surface area (Å²) in [5.41, 5.74) is -0.236. The maximum atomic E-state index is 14.2. The Labute approximate surface area is 206 Å². The lowest BCUT2D eigenvalue weighted by atomic mass is 9.98. The van der Waals surface area contributed by atoms with Crippen molar-refractivity contribution in [3.05, 3.63) is 83.2 Å². The van der Waals surface area contributed by atoms with Crippen LogP contribution in [0.3, 0.4) is 0 Å². The van der Waals surface area contributed by atoms with Gasteiger partial charge in [-0.1, -0.05) is 21.7 Å². The summed E-state index contributed by atoms with van der Waals surface area (Å²) in [5, 5.41) is 8.71. The van der Waals surface area contributed by atoms with Gasteiger partial charge in [0.1, 0.15) is 17.2 Å². The molecule has 1 atom stereocenters. The van der Waals surface area contributed by atoms with Crippen LogP contribution in [0.2, 0.25) is 0 Å². The van der Waals surface area contributed by atoms with E-state index >= 15 is 0 Å². The van der Waals surface area contributed by atoms with Gasteiger partial charge in [-0.3, -0.25) is 0 Å². The van der Waals surface area contributed by atoms with Crippen LogP contribution in [0.5, 0.6) is 0 Å². The first kappa shape index (κ1) is 23.8. The molecule has 1 N–H and O–H groups in total. The zero-order valence-electron chi connectivity index (χ0n) is 18.2. The van der Waals surface area contributed by atoms with Gasteiger partial charge < -0.3 is 14.3 Å². The Morgan fingerprint density at radius 3 is 2.72 bits per heavy atom. The molecule has 0 amide bonds. The average Bonchev–Trinajstić information content (AvgIpc) is 3.51. The van der Waals surface area contributed by atoms with Crippen molar-refractivity contribution in [2.45, 2.75) is 25.1 Å². The summed E-state index contributed by atoms with van der Waals surface area (Å²) < 4.78 is 78.5. The molecule has 14 heteroatoms. The Bertz CT molecular complexity index is 1370. The number of aromatic amines is 1. The van der Waals surface area contributed by atoms with Crippen LogP contribution in [0.1, 0.15) is 23.9 Å². The molecule has 5 rings (SSSR count). The summed E-state index contributed by atoms with van der Waals surface area (Å²) in [5.74, 6) is -2.10. The molecule has 2 aliphatic rings. The fourth-order valence-corrected chi connectivity index (χ4v) is 4.35. The minimum absolute atomic E-state index is 0.0293. The molecule has 2 aromatic heterocycles. The average molecular weight is 521 g/mol. The Hall–Kier alpha value is -3.94. The molecule has 0 aliphatic carbocycles. The molecule has 0 radical (unpaired) electrons. The number of hydrogen-bond acceptors (Lipinski definition) is 7. The van der Waals surface area contributed by atoms with Gasteiger partial charge in [0.2, 0.25) is 0 Å². The standard InChI is InChI=1S/C22H16F5N7OS/c23-13-4-1-5-14(24)18(13)20-30-31-21(35-20)33-10-8-15-19(29-11-28-15)17(33)7-6-16-12(22(25,26)27)3-2-9-34(16)32-36/h1-6,9,11,17H,7-8,10H2,(H,28,29)/b16-6-/t17-/m0/s1. The zero-order chi connectivity index (χ0) is 25.4. The van der Waals surface area contributed by atoms with Crippen LogP contribution < -0.4 is 4.90 Å². The molecule has 4 heterocycles. The van der Waals surface area contributed by atoms with E-state index in [9.17, 15) is 22.0 Å². The first-order valence-electron chi connectivity index (χ1n) is 10.6. The van der Waals surface area contributed by atoms with Gasteiger partial charge in [0, 0.05) is 24.9 Å². The van der Waals surface area contributed by atoms with E-state index in [1.807, 2.05) is 0 Å². The summed E-state index contributed by atoms with van der Waals surface area (Å²) >= 11 is 4.66. The van der Waals surface area contributed by atoms with Gasteiger partial charge in [0.05, 0.1) is 41.8 Å². The molecular weight excluding hydrogens is 505 g/mol. The van der Waals surface area contributed by atoms with Gasteiger partial charge in [-0.15, -0.1) is 5.10 Å². The highest BCUT2D eigenvalue weighted by atomic mass is 32.1. The summed E-state index contributed by atoms with van der Waals surface area (Å²) in [4.78, 5) is 9.00. The Kier molecular flexibility index (Phi) is 6.12. The second kappa shape index (κ2) is 9.26. The van der Waals surface area contributed by atoms with E-state index in [0.717, 1.165) is 28.9 Å². The number of fused-ring (bicyclic) bond motifs is 1. The van der Waals surface area contributed by atoms with E-state index in [0.29, 0.717) is 18.7 Å². The van der Waals surface area contributed by atoms with Crippen molar-refractivity contribution in [3.8, 4) is 11.5 Å². The van der Waals surface area contributed by atoms with Crippen molar-refractivity contribution < 1.29 is 26.4 Å². The van der Waals surface area contributed by atoms with Crippen molar-refractivity contribution in [1.29, 1.82) is 0 Å². The van der Waals surface area contributed by atoms with Gasteiger partial charge in [-0.25, -0.2) is 18.8 Å². The second-order valence-corrected chi connectivity index (χ2v) is 8.05. The quantitative estimate of drug-likeness (QED) is 0.469. The summed E-state index contributed by atoms with van der Waals surface area (Å²) in [6.45, 7) is 0.335. The van der Waals surface area contributed by atoms with Crippen LogP contribution in [0, 0.1) is 11.6 Å². The number of anilines is 1. The minimum atomic E-state index is -4.64. The molecule has 36 heavy (non-hydrogen) atoms. The second-order valence-electron chi connectivity index (χ2n) is 7.88. The number of allylic oxidation sites excluding steroid dienone is 3. The Morgan fingerprint density at radius 2 is 2.00 bits per heavy atom. The Balaban J connectivity index is 1.51. The molecule has 2 aliphatic heterocycles. The molecular formula is C22H16F5N7OS. The summed E-state index contributed by atoms with van der Waals surface area (Å²) in [7, 11) is 0. The van der Waals surface area contributed by atoms with Gasteiger partial charge in [0.15, 0.2) is 0 Å². The molecule has 8 nitrogen and oxygen atoms in total. The van der Waals surface area contributed by atoms with Crippen LogP contribution in [0.15, 0.2) is 69.1 Å². The fraction of sp³-hybridized carbons (Fsp3) is 0.227. The largest absolute Gasteiger partial charge is 0.418 e. The predicted octanol–water partition coefficient (Wildman–Crippen LogP) is 5.08. The van der Waals surface area contributed by atoms with Crippen molar-refractivity contribution in [2.75, 3.05) is 11.4 Å². The van der Waals surface area contributed by atoms with E-state index in [2.05, 4.69) is 37.1 Å². The maximum absolute atomic E-state index is 14.2. The molecule has 0 saturated heterocycles. The van der Waals surface area contributed by atoms with Crippen LogP contribution >= 0.6 is 0 Å². The monoisotopic (exact) mass is 521 g/mol. The highest BCUT2D eigenvalue weighted by molar-refractivity contribution is 7.47. The molecule has 186 valence electrons. The molecule has 0 bridgehead atoms. The number of hydrogen-bond donors (Lipinski definition) is 1. The molecule has 0 spiro atoms. The van der Waals surface area contributed by atoms with Gasteiger partial charge in [0.25, 0.3) is 5.89 Å². The van der Waals surface area contributed by atoms with Gasteiger partial charge in [-0.2, -0.15) is 13.2 Å². The smallest absolute Gasteiger partial charge is 0.403 e. The highest BCUT2D eigenvalue weighted by Crippen LogP contribution is 2.39. The lowest BCUT2D eigenvalue weighted by Crippen LogP contribution is -2.36. The van der Waals surface area contributed by atoms with Crippen LogP contribution in [0.25, 0.3) is 11.5 Å². The van der Waals surface area contributed by atoms with E-state index in [1.54, 1.807) is 4.90 Å². The summed E-state index contributed by atoms with van der Waals surface area (Å²) in [6, 6.07) is 2.66. The highest BCUT2D eigenvalue weighted by Gasteiger charge is 2.39. The number of benzene rings is 1. The minimum Gasteiger partial charge on any atom is -0.403 e. The van der Waals surface area contributed by atoms with E-state index in [-0.39, 0.29) is 24.0 Å². The lowest BCUT2D eigenvalue weighted by molar-refractivity contribution is -0.0912. The molecule has 3 aromatic rings. The Morgan fingerprint density at radius 1 is 1.22 bits per heavy atom. The third kappa shape index (κ3) is 4.27. The first-order valence-corrected chi connectivity index (χ1v) is 11.0.